The van der Waals surface area contributed by atoms with E-state index in [4.69, 9.17) is 11.6 Å². The average molecular weight is 356 g/mol. The van der Waals surface area contributed by atoms with Gasteiger partial charge in [-0.05, 0) is 50.1 Å². The highest BCUT2D eigenvalue weighted by atomic mass is 35.5. The summed E-state index contributed by atoms with van der Waals surface area (Å²) in [5.74, 6) is -0.574. The number of aromatic hydroxyl groups is 1. The normalized spacial score (nSPS) is 10.9. The Balaban J connectivity index is 2.22. The molecule has 0 unspecified atom stereocenters. The zero-order chi connectivity index (χ0) is 18.6. The minimum absolute atomic E-state index is 0.0384. The predicted molar refractivity (Wildman–Crippen MR) is 99.7 cm³/mol. The van der Waals surface area contributed by atoms with Crippen LogP contribution in [0.15, 0.2) is 42.1 Å². The number of hydrogen-bond acceptors (Lipinski definition) is 4. The fourth-order valence-corrected chi connectivity index (χ4v) is 2.65. The summed E-state index contributed by atoms with van der Waals surface area (Å²) in [6, 6.07) is 10.2. The highest BCUT2D eigenvalue weighted by Crippen LogP contribution is 2.27. The van der Waals surface area contributed by atoms with Crippen molar-refractivity contribution in [3.8, 4) is 11.8 Å². The first-order valence-electron chi connectivity index (χ1n) is 7.56. The van der Waals surface area contributed by atoms with Gasteiger partial charge in [-0.1, -0.05) is 29.3 Å². The molecule has 2 rings (SSSR count). The van der Waals surface area contributed by atoms with E-state index >= 15 is 0 Å². The van der Waals surface area contributed by atoms with Crippen molar-refractivity contribution in [2.45, 2.75) is 20.8 Å². The lowest BCUT2D eigenvalue weighted by atomic mass is 10.0. The van der Waals surface area contributed by atoms with Gasteiger partial charge in [-0.15, -0.1) is 0 Å². The highest BCUT2D eigenvalue weighted by molar-refractivity contribution is 6.30. The molecule has 0 radical (unpaired) electrons. The molecule has 128 valence electrons. The number of nitriles is 1. The first-order chi connectivity index (χ1) is 11.8. The second-order valence-corrected chi connectivity index (χ2v) is 6.14. The number of benzene rings is 2. The first kappa shape index (κ1) is 18.4. The third-order valence-corrected chi connectivity index (χ3v) is 3.85. The molecule has 0 saturated carbocycles. The van der Waals surface area contributed by atoms with Crippen molar-refractivity contribution in [3.05, 3.63) is 63.8 Å². The summed E-state index contributed by atoms with van der Waals surface area (Å²) in [5, 5.41) is 24.9. The molecule has 0 aliphatic carbocycles. The number of halogens is 1. The van der Waals surface area contributed by atoms with Gasteiger partial charge in [0.25, 0.3) is 5.91 Å². The van der Waals surface area contributed by atoms with E-state index in [1.807, 2.05) is 39.0 Å². The molecule has 0 atom stereocenters. The zero-order valence-electron chi connectivity index (χ0n) is 14.1. The summed E-state index contributed by atoms with van der Waals surface area (Å²) in [7, 11) is 0. The maximum atomic E-state index is 12.4. The summed E-state index contributed by atoms with van der Waals surface area (Å²) in [5.41, 5.74) is 3.80. The Morgan fingerprint density at radius 1 is 1.20 bits per heavy atom. The van der Waals surface area contributed by atoms with E-state index in [1.54, 1.807) is 0 Å². The lowest BCUT2D eigenvalue weighted by Gasteiger charge is -2.12. The number of carbonyl (C=O) groups excluding carboxylic acids is 1. The quantitative estimate of drug-likeness (QED) is 0.430. The molecule has 6 heteroatoms. The van der Waals surface area contributed by atoms with Crippen molar-refractivity contribution in [1.29, 1.82) is 5.26 Å². The topological polar surface area (TPSA) is 85.2 Å². The van der Waals surface area contributed by atoms with Gasteiger partial charge in [-0.2, -0.15) is 5.26 Å². The third kappa shape index (κ3) is 4.52. The standard InChI is InChI=1S/C19H18ClN3O2/c1-11-6-12(2)18(13(3)7-11)23-19(25)14(9-21)10-22-16-8-15(20)4-5-17(16)24/h4-8,10,22,24H,1-3H3,(H,23,25)/b14-10-. The van der Waals surface area contributed by atoms with Gasteiger partial charge in [-0.3, -0.25) is 4.79 Å². The van der Waals surface area contributed by atoms with Gasteiger partial charge in [0.2, 0.25) is 0 Å². The van der Waals surface area contributed by atoms with Crippen molar-refractivity contribution in [2.75, 3.05) is 10.6 Å². The number of phenolic OH excluding ortho intramolecular Hbond substituents is 1. The number of rotatable bonds is 4. The molecule has 0 fully saturated rings. The Morgan fingerprint density at radius 2 is 1.84 bits per heavy atom. The van der Waals surface area contributed by atoms with Crippen molar-refractivity contribution in [3.63, 3.8) is 0 Å². The Hall–Kier alpha value is -2.97. The second kappa shape index (κ2) is 7.73. The van der Waals surface area contributed by atoms with Crippen LogP contribution in [0.25, 0.3) is 0 Å². The van der Waals surface area contributed by atoms with Gasteiger partial charge >= 0.3 is 0 Å². The molecule has 0 spiro atoms. The predicted octanol–water partition coefficient (Wildman–Crippen LogP) is 4.43. The molecule has 2 aromatic rings. The first-order valence-corrected chi connectivity index (χ1v) is 7.94. The number of nitrogens with one attached hydrogen (secondary N) is 2. The van der Waals surface area contributed by atoms with Crippen LogP contribution in [0.5, 0.6) is 5.75 Å². The van der Waals surface area contributed by atoms with E-state index in [9.17, 15) is 15.2 Å². The zero-order valence-corrected chi connectivity index (χ0v) is 14.9. The van der Waals surface area contributed by atoms with Gasteiger partial charge in [-0.25, -0.2) is 0 Å². The minimum atomic E-state index is -0.536. The van der Waals surface area contributed by atoms with Crippen LogP contribution in [0.1, 0.15) is 16.7 Å². The largest absolute Gasteiger partial charge is 0.506 e. The average Bonchev–Trinajstić information content (AvgIpc) is 2.54. The smallest absolute Gasteiger partial charge is 0.267 e. The molecular weight excluding hydrogens is 338 g/mol. The fourth-order valence-electron chi connectivity index (χ4n) is 2.48. The molecule has 0 heterocycles. The Bertz CT molecular complexity index is 875. The number of amides is 1. The molecule has 0 bridgehead atoms. The SMILES string of the molecule is Cc1cc(C)c(NC(=O)/C(C#N)=C\Nc2cc(Cl)ccc2O)c(C)c1. The molecule has 0 aliphatic rings. The summed E-state index contributed by atoms with van der Waals surface area (Å²) in [6.45, 7) is 5.77. The van der Waals surface area contributed by atoms with Crippen LogP contribution < -0.4 is 10.6 Å². The highest BCUT2D eigenvalue weighted by Gasteiger charge is 2.13. The van der Waals surface area contributed by atoms with Crippen molar-refractivity contribution in [1.82, 2.24) is 0 Å². The number of phenols is 1. The van der Waals surface area contributed by atoms with Crippen molar-refractivity contribution >= 4 is 28.9 Å². The molecule has 0 saturated heterocycles. The van der Waals surface area contributed by atoms with E-state index in [1.165, 1.54) is 24.4 Å². The molecule has 1 amide bonds. The van der Waals surface area contributed by atoms with E-state index < -0.39 is 5.91 Å². The fraction of sp³-hybridized carbons (Fsp3) is 0.158. The summed E-state index contributed by atoms with van der Waals surface area (Å²) < 4.78 is 0. The molecule has 0 aromatic heterocycles. The number of carbonyl (C=O) groups is 1. The van der Waals surface area contributed by atoms with Crippen molar-refractivity contribution < 1.29 is 9.90 Å². The van der Waals surface area contributed by atoms with Crippen LogP contribution >= 0.6 is 11.6 Å². The Kier molecular flexibility index (Phi) is 5.68. The van der Waals surface area contributed by atoms with Crippen LogP contribution in [-0.4, -0.2) is 11.0 Å². The minimum Gasteiger partial charge on any atom is -0.506 e. The molecule has 5 nitrogen and oxygen atoms in total. The van der Waals surface area contributed by atoms with E-state index in [-0.39, 0.29) is 11.3 Å². The van der Waals surface area contributed by atoms with Gasteiger partial charge in [0.05, 0.1) is 5.69 Å². The van der Waals surface area contributed by atoms with Crippen LogP contribution in [0.4, 0.5) is 11.4 Å². The van der Waals surface area contributed by atoms with E-state index in [0.29, 0.717) is 16.4 Å². The van der Waals surface area contributed by atoms with Gasteiger partial charge < -0.3 is 15.7 Å². The van der Waals surface area contributed by atoms with Gasteiger partial charge in [0, 0.05) is 16.9 Å². The van der Waals surface area contributed by atoms with Crippen LogP contribution in [0.3, 0.4) is 0 Å². The van der Waals surface area contributed by atoms with Crippen molar-refractivity contribution in [2.24, 2.45) is 0 Å². The van der Waals surface area contributed by atoms with Gasteiger partial charge in [0.1, 0.15) is 17.4 Å². The molecular formula is C19H18ClN3O2. The Morgan fingerprint density at radius 3 is 2.44 bits per heavy atom. The van der Waals surface area contributed by atoms with E-state index in [0.717, 1.165) is 16.7 Å². The van der Waals surface area contributed by atoms with Crippen LogP contribution in [-0.2, 0) is 4.79 Å². The third-order valence-electron chi connectivity index (χ3n) is 3.61. The lowest BCUT2D eigenvalue weighted by Crippen LogP contribution is -2.16. The van der Waals surface area contributed by atoms with Crippen LogP contribution in [0, 0.1) is 32.1 Å². The lowest BCUT2D eigenvalue weighted by molar-refractivity contribution is -0.112. The monoisotopic (exact) mass is 355 g/mol. The van der Waals surface area contributed by atoms with Crippen LogP contribution in [0.2, 0.25) is 5.02 Å². The van der Waals surface area contributed by atoms with Gasteiger partial charge in [0.15, 0.2) is 0 Å². The number of hydrogen-bond donors (Lipinski definition) is 3. The summed E-state index contributed by atoms with van der Waals surface area (Å²) in [6.07, 6.45) is 1.24. The molecule has 2 aromatic carbocycles. The Labute approximate surface area is 151 Å². The maximum absolute atomic E-state index is 12.4. The number of aryl methyl sites for hydroxylation is 3. The summed E-state index contributed by atoms with van der Waals surface area (Å²) in [4.78, 5) is 12.4. The maximum Gasteiger partial charge on any atom is 0.267 e. The molecule has 0 aliphatic heterocycles. The number of nitrogens with zero attached hydrogens (tertiary/aromatic N) is 1. The van der Waals surface area contributed by atoms with E-state index in [2.05, 4.69) is 10.6 Å². The molecule has 3 N–H and O–H groups in total. The second-order valence-electron chi connectivity index (χ2n) is 5.70. The number of anilines is 2. The summed E-state index contributed by atoms with van der Waals surface area (Å²) >= 11 is 5.87. The molecule has 25 heavy (non-hydrogen) atoms.